The minimum absolute atomic E-state index is 0.163. The Morgan fingerprint density at radius 3 is 2.55 bits per heavy atom. The van der Waals surface area contributed by atoms with Crippen molar-refractivity contribution in [1.29, 1.82) is 0 Å². The van der Waals surface area contributed by atoms with Crippen LogP contribution in [0.5, 0.6) is 0 Å². The molecule has 108 valence electrons. The van der Waals surface area contributed by atoms with Crippen molar-refractivity contribution in [3.63, 3.8) is 0 Å². The molecule has 1 atom stereocenters. The van der Waals surface area contributed by atoms with Gasteiger partial charge in [0.05, 0.1) is 17.2 Å². The van der Waals surface area contributed by atoms with Crippen LogP contribution in [0.1, 0.15) is 29.9 Å². The summed E-state index contributed by atoms with van der Waals surface area (Å²) in [6.07, 6.45) is 1.51. The molecule has 0 aliphatic heterocycles. The van der Waals surface area contributed by atoms with E-state index in [1.54, 1.807) is 25.1 Å². The number of furan rings is 1. The fourth-order valence-electron chi connectivity index (χ4n) is 1.90. The maximum Gasteiger partial charge on any atom is 0.241 e. The molecule has 2 aromatic rings. The molecule has 0 spiro atoms. The summed E-state index contributed by atoms with van der Waals surface area (Å²) in [4.78, 5) is 0.163. The van der Waals surface area contributed by atoms with Crippen LogP contribution in [0.4, 0.5) is 5.69 Å². The van der Waals surface area contributed by atoms with E-state index < -0.39 is 16.1 Å². The van der Waals surface area contributed by atoms with Crippen LogP contribution in [0, 0.1) is 13.8 Å². The van der Waals surface area contributed by atoms with E-state index in [2.05, 4.69) is 4.72 Å². The van der Waals surface area contributed by atoms with Gasteiger partial charge in [-0.15, -0.1) is 0 Å². The summed E-state index contributed by atoms with van der Waals surface area (Å²) in [5.41, 5.74) is 8.04. The molecule has 3 N–H and O–H groups in total. The minimum Gasteiger partial charge on any atom is -0.468 e. The lowest BCUT2D eigenvalue weighted by atomic mass is 10.1. The molecule has 0 saturated heterocycles. The highest BCUT2D eigenvalue weighted by molar-refractivity contribution is 7.89. The monoisotopic (exact) mass is 294 g/mol. The molecule has 0 radical (unpaired) electrons. The molecule has 0 amide bonds. The average Bonchev–Trinajstić information content (AvgIpc) is 2.88. The number of nitrogens with two attached hydrogens (primary N) is 1. The molecule has 0 aliphatic carbocycles. The first-order chi connectivity index (χ1) is 9.31. The van der Waals surface area contributed by atoms with Crippen molar-refractivity contribution in [2.24, 2.45) is 0 Å². The standard InChI is InChI=1S/C14H18N2O3S/c1-9-7-12(8-13(15)10(9)2)20(17,18)16-11(3)14-5-4-6-19-14/h4-8,11,16H,15H2,1-3H3. The van der Waals surface area contributed by atoms with Crippen LogP contribution >= 0.6 is 0 Å². The van der Waals surface area contributed by atoms with Crippen molar-refractivity contribution >= 4 is 15.7 Å². The zero-order chi connectivity index (χ0) is 14.9. The highest BCUT2D eigenvalue weighted by Crippen LogP contribution is 2.23. The Balaban J connectivity index is 2.31. The number of aryl methyl sites for hydroxylation is 1. The van der Waals surface area contributed by atoms with Crippen molar-refractivity contribution in [3.05, 3.63) is 47.4 Å². The van der Waals surface area contributed by atoms with Gasteiger partial charge in [0.15, 0.2) is 0 Å². The maximum absolute atomic E-state index is 12.3. The molecule has 2 rings (SSSR count). The first-order valence-electron chi connectivity index (χ1n) is 6.23. The highest BCUT2D eigenvalue weighted by Gasteiger charge is 2.21. The fourth-order valence-corrected chi connectivity index (χ4v) is 3.24. The maximum atomic E-state index is 12.3. The van der Waals surface area contributed by atoms with E-state index in [9.17, 15) is 8.42 Å². The van der Waals surface area contributed by atoms with Crippen LogP contribution in [-0.2, 0) is 10.0 Å². The number of nitrogens with one attached hydrogen (secondary N) is 1. The number of rotatable bonds is 4. The molecule has 6 heteroatoms. The van der Waals surface area contributed by atoms with Crippen molar-refractivity contribution in [1.82, 2.24) is 4.72 Å². The minimum atomic E-state index is -3.64. The fraction of sp³-hybridized carbons (Fsp3) is 0.286. The molecule has 1 unspecified atom stereocenters. The van der Waals surface area contributed by atoms with Crippen LogP contribution in [-0.4, -0.2) is 8.42 Å². The molecule has 1 heterocycles. The Labute approximate surface area is 118 Å². The molecule has 1 aromatic carbocycles. The normalized spacial score (nSPS) is 13.3. The SMILES string of the molecule is Cc1cc(S(=O)(=O)NC(C)c2ccco2)cc(N)c1C. The van der Waals surface area contributed by atoms with Gasteiger partial charge in [0.25, 0.3) is 0 Å². The Morgan fingerprint density at radius 1 is 1.30 bits per heavy atom. The third-order valence-electron chi connectivity index (χ3n) is 3.29. The molecule has 5 nitrogen and oxygen atoms in total. The smallest absolute Gasteiger partial charge is 0.241 e. The number of hydrogen-bond acceptors (Lipinski definition) is 4. The predicted octanol–water partition coefficient (Wildman–Crippen LogP) is 2.52. The van der Waals surface area contributed by atoms with Crippen molar-refractivity contribution in [3.8, 4) is 0 Å². The quantitative estimate of drug-likeness (QED) is 0.848. The van der Waals surface area contributed by atoms with E-state index in [1.807, 2.05) is 13.8 Å². The van der Waals surface area contributed by atoms with Gasteiger partial charge in [0.2, 0.25) is 10.0 Å². The molecular weight excluding hydrogens is 276 g/mol. The molecule has 0 bridgehead atoms. The van der Waals surface area contributed by atoms with Gasteiger partial charge in [0.1, 0.15) is 5.76 Å². The van der Waals surface area contributed by atoms with Gasteiger partial charge >= 0.3 is 0 Å². The zero-order valence-electron chi connectivity index (χ0n) is 11.7. The van der Waals surface area contributed by atoms with E-state index in [0.29, 0.717) is 11.4 Å². The number of hydrogen-bond donors (Lipinski definition) is 2. The molecule has 0 fully saturated rings. The number of benzene rings is 1. The Bertz CT molecular complexity index is 683. The lowest BCUT2D eigenvalue weighted by molar-refractivity contribution is 0.459. The number of nitrogen functional groups attached to an aromatic ring is 1. The van der Waals surface area contributed by atoms with Crippen LogP contribution in [0.3, 0.4) is 0 Å². The lowest BCUT2D eigenvalue weighted by Gasteiger charge is -2.14. The second-order valence-electron chi connectivity index (χ2n) is 4.81. The summed E-state index contributed by atoms with van der Waals surface area (Å²) >= 11 is 0. The summed E-state index contributed by atoms with van der Waals surface area (Å²) in [6, 6.07) is 6.08. The predicted molar refractivity (Wildman–Crippen MR) is 77.8 cm³/mol. The van der Waals surface area contributed by atoms with Crippen molar-refractivity contribution in [2.45, 2.75) is 31.7 Å². The Hall–Kier alpha value is -1.79. The van der Waals surface area contributed by atoms with E-state index in [1.165, 1.54) is 12.3 Å². The third kappa shape index (κ3) is 2.86. The van der Waals surface area contributed by atoms with Crippen molar-refractivity contribution < 1.29 is 12.8 Å². The molecule has 1 aromatic heterocycles. The molecule has 20 heavy (non-hydrogen) atoms. The largest absolute Gasteiger partial charge is 0.468 e. The Morgan fingerprint density at radius 2 is 2.00 bits per heavy atom. The molecule has 0 saturated carbocycles. The van der Waals surface area contributed by atoms with Gasteiger partial charge in [-0.2, -0.15) is 0 Å². The summed E-state index contributed by atoms with van der Waals surface area (Å²) in [7, 11) is -3.64. The number of anilines is 1. The van der Waals surface area contributed by atoms with Gasteiger partial charge in [0, 0.05) is 5.69 Å². The highest BCUT2D eigenvalue weighted by atomic mass is 32.2. The van der Waals surface area contributed by atoms with Gasteiger partial charge in [-0.25, -0.2) is 13.1 Å². The zero-order valence-corrected chi connectivity index (χ0v) is 12.5. The second kappa shape index (κ2) is 5.30. The van der Waals surface area contributed by atoms with E-state index in [4.69, 9.17) is 10.2 Å². The van der Waals surface area contributed by atoms with Gasteiger partial charge in [-0.05, 0) is 56.2 Å². The lowest BCUT2D eigenvalue weighted by Crippen LogP contribution is -2.26. The van der Waals surface area contributed by atoms with Gasteiger partial charge < -0.3 is 10.2 Å². The topological polar surface area (TPSA) is 85.3 Å². The van der Waals surface area contributed by atoms with Crippen LogP contribution < -0.4 is 10.5 Å². The molecule has 0 aliphatic rings. The van der Waals surface area contributed by atoms with Crippen LogP contribution in [0.15, 0.2) is 39.8 Å². The van der Waals surface area contributed by atoms with Gasteiger partial charge in [-0.1, -0.05) is 0 Å². The van der Waals surface area contributed by atoms with Crippen LogP contribution in [0.2, 0.25) is 0 Å². The summed E-state index contributed by atoms with van der Waals surface area (Å²) < 4.78 is 32.5. The van der Waals surface area contributed by atoms with E-state index >= 15 is 0 Å². The molecular formula is C14H18N2O3S. The average molecular weight is 294 g/mol. The van der Waals surface area contributed by atoms with Crippen LogP contribution in [0.25, 0.3) is 0 Å². The Kier molecular flexibility index (Phi) is 3.87. The van der Waals surface area contributed by atoms with E-state index in [0.717, 1.165) is 11.1 Å². The summed E-state index contributed by atoms with van der Waals surface area (Å²) in [6.45, 7) is 5.42. The first kappa shape index (κ1) is 14.6. The summed E-state index contributed by atoms with van der Waals surface area (Å²) in [5, 5.41) is 0. The third-order valence-corrected chi connectivity index (χ3v) is 4.81. The van der Waals surface area contributed by atoms with E-state index in [-0.39, 0.29) is 4.90 Å². The van der Waals surface area contributed by atoms with Crippen molar-refractivity contribution in [2.75, 3.05) is 5.73 Å². The summed E-state index contributed by atoms with van der Waals surface area (Å²) in [5.74, 6) is 0.561. The second-order valence-corrected chi connectivity index (χ2v) is 6.53. The van der Waals surface area contributed by atoms with Gasteiger partial charge in [-0.3, -0.25) is 0 Å². The first-order valence-corrected chi connectivity index (χ1v) is 7.72. The number of sulfonamides is 1.